The summed E-state index contributed by atoms with van der Waals surface area (Å²) in [7, 11) is 1.25. The number of Topliss-reactive ketones (excluding diaryl/α,β-unsaturated/α-hetero) is 1. The molecule has 6 heteroatoms. The zero-order valence-corrected chi connectivity index (χ0v) is 11.2. The third kappa shape index (κ3) is 2.54. The third-order valence-corrected chi connectivity index (χ3v) is 3.30. The Labute approximate surface area is 115 Å². The molecule has 1 amide bonds. The summed E-state index contributed by atoms with van der Waals surface area (Å²) in [6.45, 7) is 1.42. The van der Waals surface area contributed by atoms with Crippen molar-refractivity contribution in [2.24, 2.45) is 5.92 Å². The minimum Gasteiger partial charge on any atom is -0.469 e. The van der Waals surface area contributed by atoms with Gasteiger partial charge in [0.15, 0.2) is 5.78 Å². The molecule has 1 atom stereocenters. The Hall–Kier alpha value is -2.24. The number of nitrogens with zero attached hydrogens (tertiary/aromatic N) is 1. The summed E-state index contributed by atoms with van der Waals surface area (Å²) in [4.78, 5) is 35.7. The van der Waals surface area contributed by atoms with E-state index in [0.717, 1.165) is 6.07 Å². The second kappa shape index (κ2) is 5.40. The van der Waals surface area contributed by atoms with E-state index in [0.29, 0.717) is 0 Å². The Balaban J connectivity index is 2.26. The maximum Gasteiger partial charge on any atom is 0.311 e. The van der Waals surface area contributed by atoms with Gasteiger partial charge in [0.1, 0.15) is 5.82 Å². The number of ketones is 1. The second-order valence-corrected chi connectivity index (χ2v) is 4.65. The van der Waals surface area contributed by atoms with E-state index in [2.05, 4.69) is 4.74 Å². The van der Waals surface area contributed by atoms with Crippen molar-refractivity contribution < 1.29 is 23.5 Å². The molecule has 0 spiro atoms. The number of halogens is 1. The predicted octanol–water partition coefficient (Wildman–Crippen LogP) is 1.55. The molecule has 2 rings (SSSR count). The summed E-state index contributed by atoms with van der Waals surface area (Å²) in [6, 6.07) is 3.93. The van der Waals surface area contributed by atoms with Crippen LogP contribution >= 0.6 is 0 Å². The highest BCUT2D eigenvalue weighted by Crippen LogP contribution is 2.28. The Bertz CT molecular complexity index is 585. The first-order valence-electron chi connectivity index (χ1n) is 6.12. The zero-order chi connectivity index (χ0) is 14.9. The lowest BCUT2D eigenvalue weighted by molar-refractivity contribution is -0.145. The van der Waals surface area contributed by atoms with Crippen molar-refractivity contribution in [1.82, 2.24) is 0 Å². The van der Waals surface area contributed by atoms with Crippen molar-refractivity contribution in [3.63, 3.8) is 0 Å². The molecular weight excluding hydrogens is 265 g/mol. The average molecular weight is 279 g/mol. The minimum absolute atomic E-state index is 0.000569. The first-order valence-corrected chi connectivity index (χ1v) is 6.12. The van der Waals surface area contributed by atoms with Crippen LogP contribution in [0, 0.1) is 11.7 Å². The number of benzene rings is 1. The average Bonchev–Trinajstić information content (AvgIpc) is 2.79. The molecule has 1 unspecified atom stereocenters. The summed E-state index contributed by atoms with van der Waals surface area (Å²) in [5, 5.41) is 0. The number of methoxy groups -OCH3 is 1. The first-order chi connectivity index (χ1) is 9.43. The molecule has 0 radical (unpaired) electrons. The molecule has 1 aromatic rings. The van der Waals surface area contributed by atoms with Gasteiger partial charge in [-0.3, -0.25) is 14.4 Å². The van der Waals surface area contributed by atoms with E-state index in [4.69, 9.17) is 0 Å². The van der Waals surface area contributed by atoms with Crippen molar-refractivity contribution in [3.05, 3.63) is 29.6 Å². The quantitative estimate of drug-likeness (QED) is 0.622. The summed E-state index contributed by atoms with van der Waals surface area (Å²) in [6.07, 6.45) is 0.000569. The number of hydrogen-bond acceptors (Lipinski definition) is 4. The van der Waals surface area contributed by atoms with Gasteiger partial charge in [-0.1, -0.05) is 0 Å². The number of carbonyl (C=O) groups is 3. The Morgan fingerprint density at radius 2 is 2.10 bits per heavy atom. The first kappa shape index (κ1) is 14.2. The largest absolute Gasteiger partial charge is 0.469 e. The number of rotatable bonds is 3. The number of amides is 1. The van der Waals surface area contributed by atoms with Crippen LogP contribution in [0.15, 0.2) is 18.2 Å². The molecule has 1 saturated heterocycles. The van der Waals surface area contributed by atoms with Crippen LogP contribution < -0.4 is 4.90 Å². The number of hydrogen-bond donors (Lipinski definition) is 0. The fraction of sp³-hybridized carbons (Fsp3) is 0.357. The van der Waals surface area contributed by atoms with Crippen LogP contribution in [0.2, 0.25) is 0 Å². The molecule has 1 aliphatic heterocycles. The maximum atomic E-state index is 14.0. The fourth-order valence-corrected chi connectivity index (χ4v) is 2.21. The molecule has 1 fully saturated rings. The number of carbonyl (C=O) groups excluding carboxylic acids is 3. The van der Waals surface area contributed by atoms with Gasteiger partial charge in [-0.15, -0.1) is 0 Å². The summed E-state index contributed by atoms with van der Waals surface area (Å²) >= 11 is 0. The van der Waals surface area contributed by atoms with Gasteiger partial charge in [0, 0.05) is 18.5 Å². The van der Waals surface area contributed by atoms with Gasteiger partial charge in [-0.05, 0) is 25.1 Å². The SMILES string of the molecule is COC(=O)C1CC(=O)N(c2ccc(C(C)=O)cc2F)C1. The van der Waals surface area contributed by atoms with Gasteiger partial charge >= 0.3 is 5.97 Å². The molecule has 1 aromatic carbocycles. The molecule has 0 bridgehead atoms. The van der Waals surface area contributed by atoms with Crippen molar-refractivity contribution in [3.8, 4) is 0 Å². The molecular formula is C14H14FNO4. The smallest absolute Gasteiger partial charge is 0.311 e. The molecule has 5 nitrogen and oxygen atoms in total. The third-order valence-electron chi connectivity index (χ3n) is 3.30. The number of ether oxygens (including phenoxy) is 1. The van der Waals surface area contributed by atoms with Gasteiger partial charge in [-0.2, -0.15) is 0 Å². The van der Waals surface area contributed by atoms with Crippen LogP contribution in [0.25, 0.3) is 0 Å². The van der Waals surface area contributed by atoms with Crippen molar-refractivity contribution in [2.75, 3.05) is 18.6 Å². The topological polar surface area (TPSA) is 63.7 Å². The Morgan fingerprint density at radius 3 is 2.65 bits per heavy atom. The molecule has 0 aromatic heterocycles. The zero-order valence-electron chi connectivity index (χ0n) is 11.2. The highest BCUT2D eigenvalue weighted by Gasteiger charge is 2.36. The highest BCUT2D eigenvalue weighted by molar-refractivity contribution is 6.00. The Kier molecular flexibility index (Phi) is 3.83. The van der Waals surface area contributed by atoms with Crippen molar-refractivity contribution in [2.45, 2.75) is 13.3 Å². The van der Waals surface area contributed by atoms with Gasteiger partial charge < -0.3 is 9.64 Å². The number of anilines is 1. The Morgan fingerprint density at radius 1 is 1.40 bits per heavy atom. The van der Waals surface area contributed by atoms with Gasteiger partial charge in [-0.25, -0.2) is 4.39 Å². The van der Waals surface area contributed by atoms with E-state index in [1.165, 1.54) is 31.1 Å². The number of esters is 1. The lowest BCUT2D eigenvalue weighted by atomic mass is 10.1. The predicted molar refractivity (Wildman–Crippen MR) is 68.9 cm³/mol. The van der Waals surface area contributed by atoms with E-state index in [1.54, 1.807) is 0 Å². The fourth-order valence-electron chi connectivity index (χ4n) is 2.21. The van der Waals surface area contributed by atoms with Crippen molar-refractivity contribution in [1.29, 1.82) is 0 Å². The van der Waals surface area contributed by atoms with E-state index in [-0.39, 0.29) is 35.9 Å². The normalized spacial score (nSPS) is 18.2. The van der Waals surface area contributed by atoms with Crippen LogP contribution in [0.3, 0.4) is 0 Å². The molecule has 0 aliphatic carbocycles. The van der Waals surface area contributed by atoms with E-state index >= 15 is 0 Å². The van der Waals surface area contributed by atoms with Crippen LogP contribution in [-0.2, 0) is 14.3 Å². The van der Waals surface area contributed by atoms with Gasteiger partial charge in [0.05, 0.1) is 18.7 Å². The molecule has 1 aliphatic rings. The van der Waals surface area contributed by atoms with Crippen LogP contribution in [0.1, 0.15) is 23.7 Å². The molecule has 0 saturated carbocycles. The van der Waals surface area contributed by atoms with Crippen molar-refractivity contribution >= 4 is 23.3 Å². The van der Waals surface area contributed by atoms with Crippen LogP contribution in [0.4, 0.5) is 10.1 Å². The monoisotopic (exact) mass is 279 g/mol. The van der Waals surface area contributed by atoms with E-state index in [1.807, 2.05) is 0 Å². The standard InChI is InChI=1S/C14H14FNO4/c1-8(17)9-3-4-12(11(15)5-9)16-7-10(6-13(16)18)14(19)20-2/h3-5,10H,6-7H2,1-2H3. The molecule has 0 N–H and O–H groups in total. The van der Waals surface area contributed by atoms with Crippen LogP contribution in [0.5, 0.6) is 0 Å². The van der Waals surface area contributed by atoms with Gasteiger partial charge in [0.2, 0.25) is 5.91 Å². The van der Waals surface area contributed by atoms with E-state index < -0.39 is 17.7 Å². The lowest BCUT2D eigenvalue weighted by Crippen LogP contribution is -2.27. The molecule has 20 heavy (non-hydrogen) atoms. The summed E-state index contributed by atoms with van der Waals surface area (Å²) < 4.78 is 18.6. The highest BCUT2D eigenvalue weighted by atomic mass is 19.1. The minimum atomic E-state index is -0.656. The summed E-state index contributed by atoms with van der Waals surface area (Å²) in [5.74, 6) is -2.32. The summed E-state index contributed by atoms with van der Waals surface area (Å²) in [5.41, 5.74) is 0.314. The van der Waals surface area contributed by atoms with E-state index in [9.17, 15) is 18.8 Å². The molecule has 1 heterocycles. The van der Waals surface area contributed by atoms with Crippen LogP contribution in [-0.4, -0.2) is 31.3 Å². The second-order valence-electron chi connectivity index (χ2n) is 4.65. The van der Waals surface area contributed by atoms with Gasteiger partial charge in [0.25, 0.3) is 0 Å². The molecule has 106 valence electrons. The lowest BCUT2D eigenvalue weighted by Gasteiger charge is -2.17. The maximum absolute atomic E-state index is 14.0.